The fourth-order valence-corrected chi connectivity index (χ4v) is 3.45. The fraction of sp³-hybridized carbons (Fsp3) is 0.381. The topological polar surface area (TPSA) is 52.6 Å². The molecule has 1 saturated heterocycles. The van der Waals surface area contributed by atoms with Crippen LogP contribution in [-0.2, 0) is 17.9 Å². The SMILES string of the molecule is Cc1ccccc1CNC[C@]1(O)CCCN(Cc2ccc(F)c(F)c2)C1=O. The summed E-state index contributed by atoms with van der Waals surface area (Å²) < 4.78 is 26.5. The minimum absolute atomic E-state index is 0.147. The van der Waals surface area contributed by atoms with Gasteiger partial charge in [-0.25, -0.2) is 8.78 Å². The molecule has 27 heavy (non-hydrogen) atoms. The second kappa shape index (κ2) is 8.15. The minimum Gasteiger partial charge on any atom is -0.379 e. The van der Waals surface area contributed by atoms with Crippen LogP contribution in [0.15, 0.2) is 42.5 Å². The second-order valence-electron chi connectivity index (χ2n) is 7.14. The minimum atomic E-state index is -1.49. The van der Waals surface area contributed by atoms with Crippen molar-refractivity contribution in [3.05, 3.63) is 70.8 Å². The molecule has 2 aromatic carbocycles. The van der Waals surface area contributed by atoms with Crippen molar-refractivity contribution in [1.82, 2.24) is 10.2 Å². The maximum absolute atomic E-state index is 13.4. The van der Waals surface area contributed by atoms with E-state index in [1.807, 2.05) is 31.2 Å². The van der Waals surface area contributed by atoms with Crippen LogP contribution in [0.1, 0.15) is 29.5 Å². The highest BCUT2D eigenvalue weighted by atomic mass is 19.2. The van der Waals surface area contributed by atoms with Gasteiger partial charge in [-0.3, -0.25) is 4.79 Å². The smallest absolute Gasteiger partial charge is 0.256 e. The van der Waals surface area contributed by atoms with Crippen molar-refractivity contribution in [1.29, 1.82) is 0 Å². The van der Waals surface area contributed by atoms with E-state index in [9.17, 15) is 18.7 Å². The summed E-state index contributed by atoms with van der Waals surface area (Å²) in [6.45, 7) is 3.36. The molecule has 2 N–H and O–H groups in total. The van der Waals surface area contributed by atoms with Crippen LogP contribution in [0.3, 0.4) is 0 Å². The molecule has 0 unspecified atom stereocenters. The third-order valence-corrected chi connectivity index (χ3v) is 5.06. The Hall–Kier alpha value is -2.31. The Kier molecular flexibility index (Phi) is 5.87. The van der Waals surface area contributed by atoms with Crippen LogP contribution in [0.2, 0.25) is 0 Å². The number of carbonyl (C=O) groups is 1. The van der Waals surface area contributed by atoms with Crippen molar-refractivity contribution >= 4 is 5.91 Å². The normalized spacial score (nSPS) is 20.1. The van der Waals surface area contributed by atoms with E-state index < -0.39 is 17.2 Å². The Morgan fingerprint density at radius 3 is 2.70 bits per heavy atom. The van der Waals surface area contributed by atoms with Crippen molar-refractivity contribution in [3.8, 4) is 0 Å². The molecule has 1 heterocycles. The molecule has 1 atom stereocenters. The van der Waals surface area contributed by atoms with Gasteiger partial charge in [0.15, 0.2) is 17.2 Å². The number of benzene rings is 2. The number of carbonyl (C=O) groups excluding carboxylic acids is 1. The van der Waals surface area contributed by atoms with Crippen molar-refractivity contribution in [2.24, 2.45) is 0 Å². The number of hydrogen-bond donors (Lipinski definition) is 2. The standard InChI is InChI=1S/C21H24F2N2O2/c1-15-5-2-3-6-17(15)12-24-14-21(27)9-4-10-25(20(21)26)13-16-7-8-18(22)19(23)11-16/h2-3,5-8,11,24,27H,4,9-10,12-14H2,1H3/t21-/m1/s1. The molecule has 2 aromatic rings. The Morgan fingerprint density at radius 2 is 1.96 bits per heavy atom. The van der Waals surface area contributed by atoms with Crippen LogP contribution in [-0.4, -0.2) is 34.6 Å². The number of amides is 1. The number of piperidine rings is 1. The molecule has 0 saturated carbocycles. The lowest BCUT2D eigenvalue weighted by Crippen LogP contribution is -2.57. The quantitative estimate of drug-likeness (QED) is 0.818. The van der Waals surface area contributed by atoms with E-state index in [-0.39, 0.29) is 19.0 Å². The average molecular weight is 374 g/mol. The molecule has 144 valence electrons. The summed E-state index contributed by atoms with van der Waals surface area (Å²) in [5.41, 5.74) is 1.27. The van der Waals surface area contributed by atoms with Gasteiger partial charge in [0.25, 0.3) is 5.91 Å². The lowest BCUT2D eigenvalue weighted by molar-refractivity contribution is -0.157. The van der Waals surface area contributed by atoms with E-state index in [1.165, 1.54) is 11.0 Å². The van der Waals surface area contributed by atoms with Gasteiger partial charge in [-0.1, -0.05) is 30.3 Å². The van der Waals surface area contributed by atoms with Crippen molar-refractivity contribution in [3.63, 3.8) is 0 Å². The summed E-state index contributed by atoms with van der Waals surface area (Å²) in [6, 6.07) is 11.5. The molecule has 4 nitrogen and oxygen atoms in total. The summed E-state index contributed by atoms with van der Waals surface area (Å²) in [5, 5.41) is 14.0. The monoisotopic (exact) mass is 374 g/mol. The molecule has 0 spiro atoms. The highest BCUT2D eigenvalue weighted by Crippen LogP contribution is 2.24. The Bertz CT molecular complexity index is 828. The predicted molar refractivity (Wildman–Crippen MR) is 98.8 cm³/mol. The summed E-state index contributed by atoms with van der Waals surface area (Å²) in [4.78, 5) is 14.3. The van der Waals surface area contributed by atoms with Crippen LogP contribution in [0.25, 0.3) is 0 Å². The van der Waals surface area contributed by atoms with Crippen LogP contribution < -0.4 is 5.32 Å². The zero-order valence-corrected chi connectivity index (χ0v) is 15.3. The van der Waals surface area contributed by atoms with Crippen LogP contribution in [0, 0.1) is 18.6 Å². The van der Waals surface area contributed by atoms with Crippen LogP contribution >= 0.6 is 0 Å². The molecule has 0 aromatic heterocycles. The molecule has 1 amide bonds. The van der Waals surface area contributed by atoms with Gasteiger partial charge in [-0.2, -0.15) is 0 Å². The van der Waals surface area contributed by atoms with E-state index in [0.29, 0.717) is 31.5 Å². The first-order valence-electron chi connectivity index (χ1n) is 9.10. The predicted octanol–water partition coefficient (Wildman–Crippen LogP) is 2.92. The van der Waals surface area contributed by atoms with Crippen molar-refractivity contribution in [2.75, 3.05) is 13.1 Å². The molecular weight excluding hydrogens is 350 g/mol. The lowest BCUT2D eigenvalue weighted by Gasteiger charge is -2.38. The number of halogens is 2. The van der Waals surface area contributed by atoms with Gasteiger partial charge in [0.1, 0.15) is 0 Å². The van der Waals surface area contributed by atoms with Gasteiger partial charge in [0, 0.05) is 26.2 Å². The maximum Gasteiger partial charge on any atom is 0.256 e. The van der Waals surface area contributed by atoms with Crippen LogP contribution in [0.4, 0.5) is 8.78 Å². The largest absolute Gasteiger partial charge is 0.379 e. The van der Waals surface area contributed by atoms with E-state index in [1.54, 1.807) is 0 Å². The van der Waals surface area contributed by atoms with Gasteiger partial charge in [0.05, 0.1) is 0 Å². The molecule has 0 radical (unpaired) electrons. The highest BCUT2D eigenvalue weighted by molar-refractivity contribution is 5.86. The number of rotatable bonds is 6. The Morgan fingerprint density at radius 1 is 1.19 bits per heavy atom. The van der Waals surface area contributed by atoms with E-state index >= 15 is 0 Å². The lowest BCUT2D eigenvalue weighted by atomic mass is 9.91. The highest BCUT2D eigenvalue weighted by Gasteiger charge is 2.41. The van der Waals surface area contributed by atoms with E-state index in [4.69, 9.17) is 0 Å². The first kappa shape index (κ1) is 19.5. The first-order chi connectivity index (χ1) is 12.9. The molecule has 3 rings (SSSR count). The zero-order chi connectivity index (χ0) is 19.4. The van der Waals surface area contributed by atoms with Gasteiger partial charge in [-0.15, -0.1) is 0 Å². The third-order valence-electron chi connectivity index (χ3n) is 5.06. The molecule has 1 aliphatic heterocycles. The fourth-order valence-electron chi connectivity index (χ4n) is 3.45. The summed E-state index contributed by atoms with van der Waals surface area (Å²) >= 11 is 0. The molecule has 1 fully saturated rings. The zero-order valence-electron chi connectivity index (χ0n) is 15.3. The van der Waals surface area contributed by atoms with Gasteiger partial charge >= 0.3 is 0 Å². The molecule has 0 aliphatic carbocycles. The number of nitrogens with zero attached hydrogens (tertiary/aromatic N) is 1. The molecular formula is C21H24F2N2O2. The summed E-state index contributed by atoms with van der Waals surface area (Å²) in [6.07, 6.45) is 1.03. The summed E-state index contributed by atoms with van der Waals surface area (Å²) in [5.74, 6) is -2.23. The van der Waals surface area contributed by atoms with Crippen molar-refractivity contribution in [2.45, 2.75) is 38.5 Å². The number of nitrogens with one attached hydrogen (secondary N) is 1. The van der Waals surface area contributed by atoms with Gasteiger partial charge in [-0.05, 0) is 48.6 Å². The number of likely N-dealkylation sites (tertiary alicyclic amines) is 1. The Labute approximate surface area is 157 Å². The number of aliphatic hydroxyl groups is 1. The molecule has 0 bridgehead atoms. The number of aryl methyl sites for hydroxylation is 1. The maximum atomic E-state index is 13.4. The van der Waals surface area contributed by atoms with Gasteiger partial charge in [0.2, 0.25) is 0 Å². The Balaban J connectivity index is 1.62. The average Bonchev–Trinajstić information content (AvgIpc) is 2.64. The van der Waals surface area contributed by atoms with Gasteiger partial charge < -0.3 is 15.3 Å². The second-order valence-corrected chi connectivity index (χ2v) is 7.14. The summed E-state index contributed by atoms with van der Waals surface area (Å²) in [7, 11) is 0. The number of hydrogen-bond acceptors (Lipinski definition) is 3. The van der Waals surface area contributed by atoms with Crippen LogP contribution in [0.5, 0.6) is 0 Å². The van der Waals surface area contributed by atoms with Crippen molar-refractivity contribution < 1.29 is 18.7 Å². The van der Waals surface area contributed by atoms with E-state index in [2.05, 4.69) is 5.32 Å². The first-order valence-corrected chi connectivity index (χ1v) is 9.10. The van der Waals surface area contributed by atoms with E-state index in [0.717, 1.165) is 23.3 Å². The molecule has 1 aliphatic rings. The molecule has 6 heteroatoms. The third kappa shape index (κ3) is 4.51.